The van der Waals surface area contributed by atoms with E-state index in [2.05, 4.69) is 15.4 Å². The summed E-state index contributed by atoms with van der Waals surface area (Å²) < 4.78 is 3.78. The number of rotatable bonds is 3. The molecule has 0 saturated carbocycles. The molecule has 5 heteroatoms. The molecule has 14 heavy (non-hydrogen) atoms. The van der Waals surface area contributed by atoms with Crippen LogP contribution in [0.2, 0.25) is 0 Å². The highest BCUT2D eigenvalue weighted by atomic mass is 15.3. The van der Waals surface area contributed by atoms with E-state index in [4.69, 9.17) is 0 Å². The van der Waals surface area contributed by atoms with Gasteiger partial charge in [0, 0.05) is 32.1 Å². The molecule has 0 fully saturated rings. The normalized spacial score (nSPS) is 10.4. The monoisotopic (exact) mass is 191 g/mol. The number of nitrogens with zero attached hydrogens (tertiary/aromatic N) is 4. The molecule has 0 unspecified atom stereocenters. The number of aryl methyl sites for hydroxylation is 1. The standard InChI is InChI=1S/C9H13N5/c1-3-10-9-11-6-7-14(9)8-4-5-12-13(8)2/h4-7H,3H2,1-2H3,(H,10,11). The molecular formula is C9H13N5. The topological polar surface area (TPSA) is 47.7 Å². The fourth-order valence-electron chi connectivity index (χ4n) is 1.38. The minimum absolute atomic E-state index is 0.844. The Morgan fingerprint density at radius 2 is 2.29 bits per heavy atom. The van der Waals surface area contributed by atoms with Crippen LogP contribution in [0.3, 0.4) is 0 Å². The Balaban J connectivity index is 2.41. The van der Waals surface area contributed by atoms with Crippen molar-refractivity contribution in [2.75, 3.05) is 11.9 Å². The molecule has 2 aromatic heterocycles. The van der Waals surface area contributed by atoms with Gasteiger partial charge in [-0.1, -0.05) is 0 Å². The Kier molecular flexibility index (Phi) is 2.22. The van der Waals surface area contributed by atoms with Gasteiger partial charge in [-0.3, -0.25) is 9.25 Å². The second-order valence-electron chi connectivity index (χ2n) is 2.96. The predicted molar refractivity (Wildman–Crippen MR) is 54.5 cm³/mol. The quantitative estimate of drug-likeness (QED) is 0.788. The fraction of sp³-hybridized carbons (Fsp3) is 0.333. The lowest BCUT2D eigenvalue weighted by molar-refractivity contribution is 0.730. The molecule has 0 aliphatic heterocycles. The summed E-state index contributed by atoms with van der Waals surface area (Å²) in [7, 11) is 1.91. The average Bonchev–Trinajstić information content (AvgIpc) is 2.74. The molecule has 0 bridgehead atoms. The Morgan fingerprint density at radius 1 is 1.43 bits per heavy atom. The molecule has 2 heterocycles. The first-order chi connectivity index (χ1) is 6.83. The molecule has 0 aliphatic rings. The van der Waals surface area contributed by atoms with Crippen LogP contribution in [0.15, 0.2) is 24.7 Å². The predicted octanol–water partition coefficient (Wildman–Crippen LogP) is 1.04. The highest BCUT2D eigenvalue weighted by Gasteiger charge is 2.05. The van der Waals surface area contributed by atoms with E-state index < -0.39 is 0 Å². The summed E-state index contributed by atoms with van der Waals surface area (Å²) >= 11 is 0. The van der Waals surface area contributed by atoms with Crippen LogP contribution in [0.25, 0.3) is 5.82 Å². The van der Waals surface area contributed by atoms with Crippen molar-refractivity contribution in [3.05, 3.63) is 24.7 Å². The van der Waals surface area contributed by atoms with Crippen LogP contribution in [0.5, 0.6) is 0 Å². The van der Waals surface area contributed by atoms with E-state index in [1.54, 1.807) is 12.4 Å². The van der Waals surface area contributed by atoms with Gasteiger partial charge in [0.2, 0.25) is 5.95 Å². The highest BCUT2D eigenvalue weighted by molar-refractivity contribution is 5.36. The first kappa shape index (κ1) is 8.80. The second-order valence-corrected chi connectivity index (χ2v) is 2.96. The van der Waals surface area contributed by atoms with Crippen LogP contribution in [0, 0.1) is 0 Å². The van der Waals surface area contributed by atoms with Crippen molar-refractivity contribution in [1.29, 1.82) is 0 Å². The number of imidazole rings is 1. The summed E-state index contributed by atoms with van der Waals surface area (Å²) in [5.74, 6) is 1.84. The van der Waals surface area contributed by atoms with E-state index in [-0.39, 0.29) is 0 Å². The van der Waals surface area contributed by atoms with E-state index in [1.807, 2.05) is 35.5 Å². The van der Waals surface area contributed by atoms with Crippen molar-refractivity contribution in [2.45, 2.75) is 6.92 Å². The van der Waals surface area contributed by atoms with Crippen LogP contribution in [-0.4, -0.2) is 25.9 Å². The number of hydrogen-bond donors (Lipinski definition) is 1. The minimum atomic E-state index is 0.844. The highest BCUT2D eigenvalue weighted by Crippen LogP contribution is 2.12. The lowest BCUT2D eigenvalue weighted by Gasteiger charge is -2.07. The SMILES string of the molecule is CCNc1nccn1-c1ccnn1C. The number of nitrogens with one attached hydrogen (secondary N) is 1. The maximum absolute atomic E-state index is 4.21. The largest absolute Gasteiger partial charge is 0.356 e. The van der Waals surface area contributed by atoms with Gasteiger partial charge >= 0.3 is 0 Å². The van der Waals surface area contributed by atoms with Crippen molar-refractivity contribution in [1.82, 2.24) is 19.3 Å². The summed E-state index contributed by atoms with van der Waals surface area (Å²) in [6.45, 7) is 2.90. The maximum Gasteiger partial charge on any atom is 0.208 e. The Bertz CT molecular complexity index is 414. The van der Waals surface area contributed by atoms with Gasteiger partial charge in [-0.25, -0.2) is 4.98 Å². The second kappa shape index (κ2) is 3.53. The van der Waals surface area contributed by atoms with E-state index in [0.29, 0.717) is 0 Å². The zero-order chi connectivity index (χ0) is 9.97. The molecule has 5 nitrogen and oxygen atoms in total. The summed E-state index contributed by atoms with van der Waals surface area (Å²) in [4.78, 5) is 4.21. The lowest BCUT2D eigenvalue weighted by atomic mass is 10.6. The molecule has 0 atom stereocenters. The molecule has 0 aliphatic carbocycles. The molecule has 0 saturated heterocycles. The van der Waals surface area contributed by atoms with E-state index >= 15 is 0 Å². The first-order valence-corrected chi connectivity index (χ1v) is 4.58. The third kappa shape index (κ3) is 1.37. The average molecular weight is 191 g/mol. The van der Waals surface area contributed by atoms with Gasteiger partial charge < -0.3 is 5.32 Å². The molecular weight excluding hydrogens is 178 g/mol. The Hall–Kier alpha value is -1.78. The van der Waals surface area contributed by atoms with Crippen molar-refractivity contribution in [3.63, 3.8) is 0 Å². The van der Waals surface area contributed by atoms with Gasteiger partial charge in [0.05, 0.1) is 6.20 Å². The molecule has 0 aromatic carbocycles. The molecule has 2 rings (SSSR count). The van der Waals surface area contributed by atoms with Crippen LogP contribution in [-0.2, 0) is 7.05 Å². The smallest absolute Gasteiger partial charge is 0.208 e. The third-order valence-electron chi connectivity index (χ3n) is 2.02. The Morgan fingerprint density at radius 3 is 2.93 bits per heavy atom. The molecule has 0 amide bonds. The number of aromatic nitrogens is 4. The van der Waals surface area contributed by atoms with Crippen molar-refractivity contribution in [2.24, 2.45) is 7.05 Å². The van der Waals surface area contributed by atoms with Crippen molar-refractivity contribution >= 4 is 5.95 Å². The van der Waals surface area contributed by atoms with Gasteiger partial charge in [-0.15, -0.1) is 0 Å². The zero-order valence-electron chi connectivity index (χ0n) is 8.31. The van der Waals surface area contributed by atoms with Gasteiger partial charge in [-0.05, 0) is 6.92 Å². The van der Waals surface area contributed by atoms with E-state index in [0.717, 1.165) is 18.3 Å². The van der Waals surface area contributed by atoms with Gasteiger partial charge in [-0.2, -0.15) is 5.10 Å². The van der Waals surface area contributed by atoms with Crippen molar-refractivity contribution in [3.8, 4) is 5.82 Å². The third-order valence-corrected chi connectivity index (χ3v) is 2.02. The minimum Gasteiger partial charge on any atom is -0.356 e. The molecule has 0 spiro atoms. The van der Waals surface area contributed by atoms with Gasteiger partial charge in [0.15, 0.2) is 0 Å². The summed E-state index contributed by atoms with van der Waals surface area (Å²) in [6, 6.07) is 1.95. The summed E-state index contributed by atoms with van der Waals surface area (Å²) in [6.07, 6.45) is 5.45. The lowest BCUT2D eigenvalue weighted by Crippen LogP contribution is -2.08. The van der Waals surface area contributed by atoms with Crippen LogP contribution >= 0.6 is 0 Å². The van der Waals surface area contributed by atoms with Crippen LogP contribution < -0.4 is 5.32 Å². The molecule has 1 N–H and O–H groups in total. The fourth-order valence-corrected chi connectivity index (χ4v) is 1.38. The van der Waals surface area contributed by atoms with E-state index in [9.17, 15) is 0 Å². The summed E-state index contributed by atoms with van der Waals surface area (Å²) in [5.41, 5.74) is 0. The molecule has 2 aromatic rings. The number of anilines is 1. The maximum atomic E-state index is 4.21. The summed E-state index contributed by atoms with van der Waals surface area (Å²) in [5, 5.41) is 7.30. The zero-order valence-corrected chi connectivity index (χ0v) is 8.31. The number of hydrogen-bond acceptors (Lipinski definition) is 3. The Labute approximate surface area is 82.4 Å². The molecule has 0 radical (unpaired) electrons. The first-order valence-electron chi connectivity index (χ1n) is 4.58. The van der Waals surface area contributed by atoms with Gasteiger partial charge in [0.1, 0.15) is 5.82 Å². The van der Waals surface area contributed by atoms with Crippen molar-refractivity contribution < 1.29 is 0 Å². The van der Waals surface area contributed by atoms with Crippen LogP contribution in [0.1, 0.15) is 6.92 Å². The van der Waals surface area contributed by atoms with Crippen LogP contribution in [0.4, 0.5) is 5.95 Å². The van der Waals surface area contributed by atoms with E-state index in [1.165, 1.54) is 0 Å². The van der Waals surface area contributed by atoms with Gasteiger partial charge in [0.25, 0.3) is 0 Å². The molecule has 74 valence electrons.